The number of rotatable bonds is 6. The zero-order valence-electron chi connectivity index (χ0n) is 12.1. The molecule has 0 amide bonds. The van der Waals surface area contributed by atoms with Crippen LogP contribution in [0.1, 0.15) is 25.7 Å². The molecule has 1 N–H and O–H groups in total. The molecular formula is C16H21N3O2. The van der Waals surface area contributed by atoms with E-state index in [1.54, 1.807) is 0 Å². The molecule has 3 rings (SSSR count). The fourth-order valence-electron chi connectivity index (χ4n) is 3.21. The number of hydrogen-bond acceptors (Lipinski definition) is 3. The second-order valence-electron chi connectivity index (χ2n) is 5.71. The minimum absolute atomic E-state index is 0.261. The van der Waals surface area contributed by atoms with Crippen LogP contribution in [0.15, 0.2) is 30.6 Å². The largest absolute Gasteiger partial charge is 0.481 e. The van der Waals surface area contributed by atoms with E-state index in [2.05, 4.69) is 20.5 Å². The molecule has 21 heavy (non-hydrogen) atoms. The standard InChI is InChI=1S/C16H21N3O2/c20-16(21)8-4-10-18-9-3-5-13(18)11-19-12-17-14-6-1-2-7-15(14)19/h1-2,6-7,12-13H,3-5,8-11H2,(H,20,21)/t13-/m0/s1. The Kier molecular flexibility index (Phi) is 4.20. The number of hydrogen-bond donors (Lipinski definition) is 1. The third-order valence-electron chi connectivity index (χ3n) is 4.27. The zero-order valence-corrected chi connectivity index (χ0v) is 12.1. The first-order chi connectivity index (χ1) is 10.2. The zero-order chi connectivity index (χ0) is 14.7. The number of nitrogens with zero attached hydrogens (tertiary/aromatic N) is 3. The van der Waals surface area contributed by atoms with Gasteiger partial charge in [-0.3, -0.25) is 9.69 Å². The SMILES string of the molecule is O=C(O)CCCN1CCC[C@H]1Cn1cnc2ccccc21. The Balaban J connectivity index is 1.64. The molecule has 1 saturated heterocycles. The van der Waals surface area contributed by atoms with Gasteiger partial charge in [-0.2, -0.15) is 0 Å². The number of carbonyl (C=O) groups is 1. The average molecular weight is 287 g/mol. The highest BCUT2D eigenvalue weighted by Crippen LogP contribution is 2.21. The lowest BCUT2D eigenvalue weighted by molar-refractivity contribution is -0.137. The van der Waals surface area contributed by atoms with Crippen LogP contribution in [0.4, 0.5) is 0 Å². The van der Waals surface area contributed by atoms with Crippen molar-refractivity contribution in [3.05, 3.63) is 30.6 Å². The van der Waals surface area contributed by atoms with Gasteiger partial charge in [-0.25, -0.2) is 4.98 Å². The summed E-state index contributed by atoms with van der Waals surface area (Å²) in [6.07, 6.45) is 5.29. The van der Waals surface area contributed by atoms with Gasteiger partial charge < -0.3 is 9.67 Å². The Bertz CT molecular complexity index is 623. The van der Waals surface area contributed by atoms with Gasteiger partial charge in [0.25, 0.3) is 0 Å². The lowest BCUT2D eigenvalue weighted by Gasteiger charge is -2.24. The highest BCUT2D eigenvalue weighted by atomic mass is 16.4. The predicted octanol–water partition coefficient (Wildman–Crippen LogP) is 2.37. The monoisotopic (exact) mass is 287 g/mol. The number of imidazole rings is 1. The first kappa shape index (κ1) is 14.1. The molecule has 1 aromatic heterocycles. The van der Waals surface area contributed by atoms with E-state index in [0.717, 1.165) is 31.6 Å². The van der Waals surface area contributed by atoms with Crippen molar-refractivity contribution in [2.45, 2.75) is 38.3 Å². The predicted molar refractivity (Wildman–Crippen MR) is 81.2 cm³/mol. The van der Waals surface area contributed by atoms with Gasteiger partial charge in [0.2, 0.25) is 0 Å². The Labute approximate surface area is 124 Å². The molecule has 1 atom stereocenters. The molecule has 1 fully saturated rings. The first-order valence-corrected chi connectivity index (χ1v) is 7.60. The molecule has 0 unspecified atom stereocenters. The maximum absolute atomic E-state index is 10.6. The van der Waals surface area contributed by atoms with Crippen molar-refractivity contribution in [1.82, 2.24) is 14.5 Å². The molecule has 0 saturated carbocycles. The lowest BCUT2D eigenvalue weighted by Crippen LogP contribution is -2.33. The maximum Gasteiger partial charge on any atom is 0.303 e. The van der Waals surface area contributed by atoms with Crippen LogP contribution >= 0.6 is 0 Å². The molecule has 2 aromatic rings. The number of carboxylic acids is 1. The molecule has 2 heterocycles. The quantitative estimate of drug-likeness (QED) is 0.886. The highest BCUT2D eigenvalue weighted by Gasteiger charge is 2.24. The van der Waals surface area contributed by atoms with Crippen molar-refractivity contribution in [3.8, 4) is 0 Å². The van der Waals surface area contributed by atoms with E-state index in [9.17, 15) is 4.79 Å². The van der Waals surface area contributed by atoms with E-state index in [0.29, 0.717) is 6.04 Å². The first-order valence-electron chi connectivity index (χ1n) is 7.60. The fraction of sp³-hybridized carbons (Fsp3) is 0.500. The highest BCUT2D eigenvalue weighted by molar-refractivity contribution is 5.74. The minimum atomic E-state index is -0.702. The number of para-hydroxylation sites is 2. The summed E-state index contributed by atoms with van der Waals surface area (Å²) < 4.78 is 2.22. The molecule has 0 bridgehead atoms. The van der Waals surface area contributed by atoms with E-state index in [-0.39, 0.29) is 6.42 Å². The van der Waals surface area contributed by atoms with Crippen LogP contribution in [-0.2, 0) is 11.3 Å². The molecular weight excluding hydrogens is 266 g/mol. The second kappa shape index (κ2) is 6.26. The Hall–Kier alpha value is -1.88. The van der Waals surface area contributed by atoms with Crippen LogP contribution < -0.4 is 0 Å². The van der Waals surface area contributed by atoms with Gasteiger partial charge in [0.1, 0.15) is 0 Å². The second-order valence-corrected chi connectivity index (χ2v) is 5.71. The normalized spacial score (nSPS) is 19.3. The number of likely N-dealkylation sites (tertiary alicyclic amines) is 1. The van der Waals surface area contributed by atoms with Crippen LogP contribution in [0.25, 0.3) is 11.0 Å². The molecule has 112 valence electrons. The summed E-state index contributed by atoms with van der Waals surface area (Å²) in [4.78, 5) is 17.5. The topological polar surface area (TPSA) is 58.4 Å². The van der Waals surface area contributed by atoms with Gasteiger partial charge in [-0.15, -0.1) is 0 Å². The van der Waals surface area contributed by atoms with Crippen molar-refractivity contribution in [3.63, 3.8) is 0 Å². The molecule has 0 aliphatic carbocycles. The number of carboxylic acid groups (broad SMARTS) is 1. The van der Waals surface area contributed by atoms with Gasteiger partial charge in [0.15, 0.2) is 0 Å². The summed E-state index contributed by atoms with van der Waals surface area (Å²) in [5.41, 5.74) is 2.21. The summed E-state index contributed by atoms with van der Waals surface area (Å²) in [5, 5.41) is 8.75. The van der Waals surface area contributed by atoms with Crippen LogP contribution in [0.3, 0.4) is 0 Å². The average Bonchev–Trinajstić information content (AvgIpc) is 3.07. The third-order valence-corrected chi connectivity index (χ3v) is 4.27. The lowest BCUT2D eigenvalue weighted by atomic mass is 10.2. The molecule has 1 aliphatic heterocycles. The van der Waals surface area contributed by atoms with Crippen molar-refractivity contribution >= 4 is 17.0 Å². The molecule has 0 radical (unpaired) electrons. The van der Waals surface area contributed by atoms with Crippen molar-refractivity contribution in [2.24, 2.45) is 0 Å². The van der Waals surface area contributed by atoms with Crippen LogP contribution in [-0.4, -0.2) is 44.7 Å². The van der Waals surface area contributed by atoms with Gasteiger partial charge in [0, 0.05) is 19.0 Å². The minimum Gasteiger partial charge on any atom is -0.481 e. The van der Waals surface area contributed by atoms with Gasteiger partial charge in [0.05, 0.1) is 17.4 Å². The number of fused-ring (bicyclic) bond motifs is 1. The fourth-order valence-corrected chi connectivity index (χ4v) is 3.21. The van der Waals surface area contributed by atoms with Crippen LogP contribution in [0.2, 0.25) is 0 Å². The van der Waals surface area contributed by atoms with Crippen molar-refractivity contribution in [2.75, 3.05) is 13.1 Å². The third kappa shape index (κ3) is 3.24. The number of aromatic nitrogens is 2. The van der Waals surface area contributed by atoms with Crippen molar-refractivity contribution in [1.29, 1.82) is 0 Å². The summed E-state index contributed by atoms with van der Waals surface area (Å²) >= 11 is 0. The summed E-state index contributed by atoms with van der Waals surface area (Å²) in [6, 6.07) is 8.68. The smallest absolute Gasteiger partial charge is 0.303 e. The van der Waals surface area contributed by atoms with E-state index in [1.165, 1.54) is 18.4 Å². The summed E-state index contributed by atoms with van der Waals surface area (Å²) in [6.45, 7) is 2.90. The number of aliphatic carboxylic acids is 1. The molecule has 0 spiro atoms. The summed E-state index contributed by atoms with van der Waals surface area (Å²) in [7, 11) is 0. The van der Waals surface area contributed by atoms with E-state index in [1.807, 2.05) is 24.5 Å². The Morgan fingerprint density at radius 2 is 2.24 bits per heavy atom. The summed E-state index contributed by atoms with van der Waals surface area (Å²) in [5.74, 6) is -0.702. The van der Waals surface area contributed by atoms with Crippen LogP contribution in [0, 0.1) is 0 Å². The maximum atomic E-state index is 10.6. The number of benzene rings is 1. The molecule has 5 heteroatoms. The van der Waals surface area contributed by atoms with Crippen LogP contribution in [0.5, 0.6) is 0 Å². The Morgan fingerprint density at radius 1 is 1.38 bits per heavy atom. The van der Waals surface area contributed by atoms with Crippen molar-refractivity contribution < 1.29 is 9.90 Å². The van der Waals surface area contributed by atoms with E-state index < -0.39 is 5.97 Å². The van der Waals surface area contributed by atoms with Gasteiger partial charge in [-0.05, 0) is 44.5 Å². The van der Waals surface area contributed by atoms with Gasteiger partial charge >= 0.3 is 5.97 Å². The van der Waals surface area contributed by atoms with Gasteiger partial charge in [-0.1, -0.05) is 12.1 Å². The van der Waals surface area contributed by atoms with E-state index >= 15 is 0 Å². The molecule has 1 aromatic carbocycles. The molecule has 5 nitrogen and oxygen atoms in total. The van der Waals surface area contributed by atoms with E-state index in [4.69, 9.17) is 5.11 Å². The Morgan fingerprint density at radius 3 is 3.10 bits per heavy atom. The molecule has 1 aliphatic rings.